The molecule has 10 heteroatoms. The quantitative estimate of drug-likeness (QED) is 0.405. The molecule has 0 saturated carbocycles. The number of allylic oxidation sites excluding steroid dienone is 1. The Morgan fingerprint density at radius 1 is 1.17 bits per heavy atom. The fourth-order valence-electron chi connectivity index (χ4n) is 3.60. The van der Waals surface area contributed by atoms with E-state index in [9.17, 15) is 18.0 Å². The van der Waals surface area contributed by atoms with E-state index in [4.69, 9.17) is 0 Å². The third kappa shape index (κ3) is 6.14. The molecule has 2 amide bonds. The predicted octanol–water partition coefficient (Wildman–Crippen LogP) is 4.40. The molecule has 0 atom stereocenters. The summed E-state index contributed by atoms with van der Waals surface area (Å²) in [4.78, 5) is 29.3. The van der Waals surface area contributed by atoms with Crippen LogP contribution in [0.15, 0.2) is 65.0 Å². The molecule has 0 aliphatic carbocycles. The molecule has 0 aliphatic rings. The van der Waals surface area contributed by atoms with Gasteiger partial charge in [-0.05, 0) is 48.9 Å². The molecule has 0 saturated heterocycles. The van der Waals surface area contributed by atoms with Crippen molar-refractivity contribution in [3.8, 4) is 0 Å². The zero-order valence-electron chi connectivity index (χ0n) is 20.2. The third-order valence-electron chi connectivity index (χ3n) is 5.36. The van der Waals surface area contributed by atoms with Crippen molar-refractivity contribution < 1.29 is 18.0 Å². The van der Waals surface area contributed by atoms with Crippen molar-refractivity contribution in [2.45, 2.75) is 45.1 Å². The van der Waals surface area contributed by atoms with E-state index >= 15 is 0 Å². The van der Waals surface area contributed by atoms with Crippen LogP contribution in [-0.2, 0) is 21.4 Å². The van der Waals surface area contributed by atoms with Crippen molar-refractivity contribution in [1.29, 1.82) is 0 Å². The largest absolute Gasteiger partial charge is 0.326 e. The summed E-state index contributed by atoms with van der Waals surface area (Å²) in [5.41, 5.74) is 1.82. The Hall–Kier alpha value is -3.08. The zero-order valence-corrected chi connectivity index (χ0v) is 21.8. The van der Waals surface area contributed by atoms with Crippen molar-refractivity contribution in [3.05, 3.63) is 65.5 Å². The van der Waals surface area contributed by atoms with Crippen LogP contribution in [0.5, 0.6) is 0 Å². The molecule has 1 heterocycles. The summed E-state index contributed by atoms with van der Waals surface area (Å²) in [6.07, 6.45) is 3.41. The molecule has 186 valence electrons. The van der Waals surface area contributed by atoms with E-state index in [1.165, 1.54) is 46.8 Å². The minimum Gasteiger partial charge on any atom is -0.326 e. The smallest absolute Gasteiger partial charge is 0.279 e. The summed E-state index contributed by atoms with van der Waals surface area (Å²) in [5, 5.41) is 2.75. The van der Waals surface area contributed by atoms with Crippen LogP contribution < -0.4 is 10.1 Å². The van der Waals surface area contributed by atoms with Crippen LogP contribution in [0.25, 0.3) is 10.2 Å². The Balaban J connectivity index is 1.94. The van der Waals surface area contributed by atoms with Gasteiger partial charge in [0, 0.05) is 37.8 Å². The highest BCUT2D eigenvalue weighted by Gasteiger charge is 2.22. The monoisotopic (exact) mass is 514 g/mol. The molecular weight excluding hydrogens is 484 g/mol. The van der Waals surface area contributed by atoms with Gasteiger partial charge in [0.05, 0.1) is 15.1 Å². The summed E-state index contributed by atoms with van der Waals surface area (Å²) in [5.74, 6) is -0.642. The van der Waals surface area contributed by atoms with E-state index in [2.05, 4.69) is 16.9 Å². The van der Waals surface area contributed by atoms with E-state index in [-0.39, 0.29) is 10.8 Å². The van der Waals surface area contributed by atoms with E-state index in [1.807, 2.05) is 30.5 Å². The van der Waals surface area contributed by atoms with Gasteiger partial charge in [-0.2, -0.15) is 9.30 Å². The number of anilines is 1. The van der Waals surface area contributed by atoms with Crippen molar-refractivity contribution in [3.63, 3.8) is 0 Å². The van der Waals surface area contributed by atoms with E-state index < -0.39 is 15.9 Å². The number of hydrogen-bond donors (Lipinski definition) is 1. The second kappa shape index (κ2) is 11.6. The lowest BCUT2D eigenvalue weighted by Gasteiger charge is -2.20. The molecule has 3 rings (SSSR count). The summed E-state index contributed by atoms with van der Waals surface area (Å²) < 4.78 is 30.0. The van der Waals surface area contributed by atoms with Gasteiger partial charge in [0.2, 0.25) is 15.9 Å². The number of thiazole rings is 1. The van der Waals surface area contributed by atoms with Crippen LogP contribution in [0.2, 0.25) is 0 Å². The maximum absolute atomic E-state index is 12.9. The first kappa shape index (κ1) is 26.5. The fraction of sp³-hybridized carbons (Fsp3) is 0.320. The number of hydrogen-bond acceptors (Lipinski definition) is 5. The molecular formula is C25H30N4O4S2. The predicted molar refractivity (Wildman–Crippen MR) is 140 cm³/mol. The number of benzene rings is 2. The first-order valence-electron chi connectivity index (χ1n) is 11.4. The number of rotatable bonds is 10. The van der Waals surface area contributed by atoms with E-state index in [0.29, 0.717) is 35.7 Å². The number of aromatic nitrogens is 1. The number of carbonyl (C=O) groups is 2. The Bertz CT molecular complexity index is 1400. The highest BCUT2D eigenvalue weighted by molar-refractivity contribution is 7.89. The second-order valence-electron chi connectivity index (χ2n) is 7.94. The van der Waals surface area contributed by atoms with Gasteiger partial charge in [-0.3, -0.25) is 9.59 Å². The number of unbranched alkanes of at least 4 members (excludes halogenated alkanes) is 1. The molecule has 1 aromatic heterocycles. The van der Waals surface area contributed by atoms with Gasteiger partial charge in [-0.25, -0.2) is 8.42 Å². The summed E-state index contributed by atoms with van der Waals surface area (Å²) in [6.45, 7) is 10.4. The topological polar surface area (TPSA) is 101 Å². The van der Waals surface area contributed by atoms with Gasteiger partial charge in [0.1, 0.15) is 0 Å². The summed E-state index contributed by atoms with van der Waals surface area (Å²) in [6, 6.07) is 11.4. The van der Waals surface area contributed by atoms with Gasteiger partial charge < -0.3 is 9.88 Å². The standard InChI is InChI=1S/C25H30N4O4S2/c1-5-8-16-28(7-3)35(32,33)21-12-9-19(10-13-21)24(31)27-25-29(15-6-2)22-14-11-20(26-18(4)30)17-23(22)34-25/h6,9-14,17H,2,5,7-8,15-16H2,1,3-4H3,(H,26,30). The molecule has 8 nitrogen and oxygen atoms in total. The Morgan fingerprint density at radius 2 is 1.89 bits per heavy atom. The van der Waals surface area contributed by atoms with Crippen molar-refractivity contribution in [2.75, 3.05) is 18.4 Å². The van der Waals surface area contributed by atoms with Crippen LogP contribution in [0.4, 0.5) is 5.69 Å². The number of nitrogens with zero attached hydrogens (tertiary/aromatic N) is 3. The normalized spacial score (nSPS) is 12.3. The number of carbonyl (C=O) groups excluding carboxylic acids is 2. The zero-order chi connectivity index (χ0) is 25.6. The third-order valence-corrected chi connectivity index (χ3v) is 8.39. The van der Waals surface area contributed by atoms with Gasteiger partial charge in [0.25, 0.3) is 5.91 Å². The Kier molecular flexibility index (Phi) is 8.76. The molecule has 0 spiro atoms. The van der Waals surface area contributed by atoms with Crippen molar-refractivity contribution in [2.24, 2.45) is 4.99 Å². The number of amides is 2. The first-order valence-corrected chi connectivity index (χ1v) is 13.7. The molecule has 35 heavy (non-hydrogen) atoms. The van der Waals surface area contributed by atoms with E-state index in [1.54, 1.807) is 12.1 Å². The van der Waals surface area contributed by atoms with Crippen LogP contribution in [0.1, 0.15) is 44.0 Å². The van der Waals surface area contributed by atoms with Crippen LogP contribution in [0.3, 0.4) is 0 Å². The van der Waals surface area contributed by atoms with Gasteiger partial charge >= 0.3 is 0 Å². The lowest BCUT2D eigenvalue weighted by atomic mass is 10.2. The van der Waals surface area contributed by atoms with Crippen molar-refractivity contribution in [1.82, 2.24) is 8.87 Å². The number of fused-ring (bicyclic) bond motifs is 1. The van der Waals surface area contributed by atoms with Gasteiger partial charge in [-0.1, -0.05) is 37.7 Å². The molecule has 0 fully saturated rings. The molecule has 0 bridgehead atoms. The average Bonchev–Trinajstić information content (AvgIpc) is 3.15. The van der Waals surface area contributed by atoms with E-state index in [0.717, 1.165) is 23.1 Å². The molecule has 1 N–H and O–H groups in total. The SMILES string of the molecule is C=CCn1c(=NC(=O)c2ccc(S(=O)(=O)N(CC)CCCC)cc2)sc2cc(NC(C)=O)ccc21. The Labute approximate surface area is 209 Å². The maximum atomic E-state index is 12.9. The molecule has 0 aliphatic heterocycles. The summed E-state index contributed by atoms with van der Waals surface area (Å²) in [7, 11) is -3.62. The van der Waals surface area contributed by atoms with Gasteiger partial charge in [-0.15, -0.1) is 6.58 Å². The molecule has 0 unspecified atom stereocenters. The van der Waals surface area contributed by atoms with Gasteiger partial charge in [0.15, 0.2) is 4.80 Å². The van der Waals surface area contributed by atoms with Crippen LogP contribution in [-0.4, -0.2) is 42.2 Å². The van der Waals surface area contributed by atoms with Crippen LogP contribution >= 0.6 is 11.3 Å². The highest BCUT2D eigenvalue weighted by Crippen LogP contribution is 2.23. The second-order valence-corrected chi connectivity index (χ2v) is 10.9. The molecule has 2 aromatic carbocycles. The first-order chi connectivity index (χ1) is 16.7. The molecule has 3 aromatic rings. The highest BCUT2D eigenvalue weighted by atomic mass is 32.2. The number of sulfonamides is 1. The lowest BCUT2D eigenvalue weighted by Crippen LogP contribution is -2.31. The minimum atomic E-state index is -3.62. The summed E-state index contributed by atoms with van der Waals surface area (Å²) >= 11 is 1.32. The minimum absolute atomic E-state index is 0.154. The maximum Gasteiger partial charge on any atom is 0.279 e. The fourth-order valence-corrected chi connectivity index (χ4v) is 6.16. The van der Waals surface area contributed by atoms with Crippen LogP contribution in [0, 0.1) is 0 Å². The average molecular weight is 515 g/mol. The molecule has 0 radical (unpaired) electrons. The Morgan fingerprint density at radius 3 is 2.49 bits per heavy atom. The number of nitrogens with one attached hydrogen (secondary N) is 1. The lowest BCUT2D eigenvalue weighted by molar-refractivity contribution is -0.114. The van der Waals surface area contributed by atoms with Crippen molar-refractivity contribution >= 4 is 49.1 Å².